The minimum atomic E-state index is -1.05. The first-order chi connectivity index (χ1) is 10.5. The Kier molecular flexibility index (Phi) is 5.51. The van der Waals surface area contributed by atoms with Crippen LogP contribution >= 0.6 is 0 Å². The average Bonchev–Trinajstić information content (AvgIpc) is 2.52. The van der Waals surface area contributed by atoms with E-state index in [0.717, 1.165) is 5.56 Å². The number of hydrogen-bond donors (Lipinski definition) is 1. The normalized spacial score (nSPS) is 18.5. The molecule has 1 saturated heterocycles. The molecule has 1 heterocycles. The number of amides is 1. The third-order valence-corrected chi connectivity index (χ3v) is 3.46. The van der Waals surface area contributed by atoms with Crippen LogP contribution in [0.5, 0.6) is 0 Å². The molecule has 1 fully saturated rings. The summed E-state index contributed by atoms with van der Waals surface area (Å²) < 4.78 is 10.6. The van der Waals surface area contributed by atoms with E-state index in [2.05, 4.69) is 0 Å². The van der Waals surface area contributed by atoms with Gasteiger partial charge in [0.05, 0.1) is 25.9 Å². The molecule has 0 radical (unpaired) electrons. The van der Waals surface area contributed by atoms with E-state index >= 15 is 0 Å². The fourth-order valence-electron chi connectivity index (χ4n) is 2.22. The second-order valence-electron chi connectivity index (χ2n) is 5.48. The predicted octanol–water partition coefficient (Wildman–Crippen LogP) is 1.54. The van der Waals surface area contributed by atoms with Gasteiger partial charge in [0.1, 0.15) is 0 Å². The maximum Gasteiger partial charge on any atom is 0.328 e. The highest BCUT2D eigenvalue weighted by Crippen LogP contribution is 2.14. The van der Waals surface area contributed by atoms with Crippen molar-refractivity contribution in [1.29, 1.82) is 0 Å². The van der Waals surface area contributed by atoms with E-state index in [1.165, 1.54) is 4.90 Å². The van der Waals surface area contributed by atoms with Crippen LogP contribution in [0.15, 0.2) is 24.3 Å². The molecule has 2 rings (SSSR count). The van der Waals surface area contributed by atoms with Gasteiger partial charge in [-0.05, 0) is 31.5 Å². The molecule has 0 saturated carbocycles. The van der Waals surface area contributed by atoms with Gasteiger partial charge in [0.2, 0.25) is 0 Å². The lowest BCUT2D eigenvalue weighted by atomic mass is 10.1. The number of carboxylic acid groups (broad SMARTS) is 1. The van der Waals surface area contributed by atoms with Crippen molar-refractivity contribution in [3.05, 3.63) is 35.4 Å². The fourth-order valence-corrected chi connectivity index (χ4v) is 2.22. The summed E-state index contributed by atoms with van der Waals surface area (Å²) in [6.07, 6.45) is 0.144. The molecular weight excluding hydrogens is 286 g/mol. The molecule has 1 aromatic carbocycles. The number of ether oxygens (including phenoxy) is 2. The number of carboxylic acids is 1. The number of rotatable bonds is 5. The van der Waals surface area contributed by atoms with Crippen LogP contribution in [0.1, 0.15) is 29.8 Å². The predicted molar refractivity (Wildman–Crippen MR) is 79.6 cm³/mol. The Balaban J connectivity index is 2.06. The molecular formula is C16H21NO5. The molecule has 6 heteroatoms. The van der Waals surface area contributed by atoms with Crippen LogP contribution in [0.3, 0.4) is 0 Å². The fraction of sp³-hybridized carbons (Fsp3) is 0.500. The molecule has 0 aromatic heterocycles. The quantitative estimate of drug-likeness (QED) is 0.893. The summed E-state index contributed by atoms with van der Waals surface area (Å²) >= 11 is 0. The molecule has 6 nitrogen and oxygen atoms in total. The van der Waals surface area contributed by atoms with Crippen molar-refractivity contribution in [2.45, 2.75) is 32.6 Å². The van der Waals surface area contributed by atoms with Gasteiger partial charge < -0.3 is 19.5 Å². The van der Waals surface area contributed by atoms with Gasteiger partial charge in [-0.15, -0.1) is 0 Å². The van der Waals surface area contributed by atoms with Crippen molar-refractivity contribution in [1.82, 2.24) is 4.90 Å². The highest BCUT2D eigenvalue weighted by molar-refractivity contribution is 5.96. The molecule has 1 aliphatic heterocycles. The van der Waals surface area contributed by atoms with Gasteiger partial charge in [-0.2, -0.15) is 0 Å². The average molecular weight is 307 g/mol. The molecule has 0 spiro atoms. The lowest BCUT2D eigenvalue weighted by molar-refractivity contribution is -0.147. The van der Waals surface area contributed by atoms with Crippen molar-refractivity contribution in [3.63, 3.8) is 0 Å². The lowest BCUT2D eigenvalue weighted by Gasteiger charge is -2.32. The van der Waals surface area contributed by atoms with E-state index < -0.39 is 12.0 Å². The Morgan fingerprint density at radius 1 is 1.36 bits per heavy atom. The van der Waals surface area contributed by atoms with Gasteiger partial charge in [0, 0.05) is 12.1 Å². The standard InChI is InChI=1S/C16H21NO5/c1-11(2)22-9-12-3-5-13(6-4-12)15(18)17-7-8-21-10-14(17)16(19)20/h3-6,11,14H,7-10H2,1-2H3,(H,19,20). The first-order valence-electron chi connectivity index (χ1n) is 7.31. The van der Waals surface area contributed by atoms with Crippen LogP contribution in [-0.2, 0) is 20.9 Å². The summed E-state index contributed by atoms with van der Waals surface area (Å²) in [6, 6.07) is 6.13. The summed E-state index contributed by atoms with van der Waals surface area (Å²) in [5.74, 6) is -1.33. The first kappa shape index (κ1) is 16.5. The van der Waals surface area contributed by atoms with Crippen molar-refractivity contribution in [2.24, 2.45) is 0 Å². The second-order valence-corrected chi connectivity index (χ2v) is 5.48. The van der Waals surface area contributed by atoms with Crippen LogP contribution < -0.4 is 0 Å². The Morgan fingerprint density at radius 3 is 2.64 bits per heavy atom. The third-order valence-electron chi connectivity index (χ3n) is 3.46. The van der Waals surface area contributed by atoms with Gasteiger partial charge in [-0.1, -0.05) is 12.1 Å². The zero-order chi connectivity index (χ0) is 16.1. The third kappa shape index (κ3) is 4.05. The van der Waals surface area contributed by atoms with Crippen LogP contribution in [-0.4, -0.2) is 53.8 Å². The van der Waals surface area contributed by atoms with E-state index in [0.29, 0.717) is 18.8 Å². The molecule has 1 atom stereocenters. The molecule has 1 amide bonds. The summed E-state index contributed by atoms with van der Waals surface area (Å²) in [4.78, 5) is 25.0. The zero-order valence-corrected chi connectivity index (χ0v) is 12.8. The second kappa shape index (κ2) is 7.38. The maximum absolute atomic E-state index is 12.5. The number of morpholine rings is 1. The van der Waals surface area contributed by atoms with Gasteiger partial charge in [0.25, 0.3) is 5.91 Å². The molecule has 0 bridgehead atoms. The van der Waals surface area contributed by atoms with Crippen LogP contribution in [0, 0.1) is 0 Å². The van der Waals surface area contributed by atoms with Crippen molar-refractivity contribution >= 4 is 11.9 Å². The Hall–Kier alpha value is -1.92. The number of carbonyl (C=O) groups excluding carboxylic acids is 1. The molecule has 22 heavy (non-hydrogen) atoms. The minimum absolute atomic E-state index is 0.0292. The van der Waals surface area contributed by atoms with Crippen LogP contribution in [0.25, 0.3) is 0 Å². The number of hydrogen-bond acceptors (Lipinski definition) is 4. The highest BCUT2D eigenvalue weighted by atomic mass is 16.5. The van der Waals surface area contributed by atoms with Gasteiger partial charge >= 0.3 is 5.97 Å². The largest absolute Gasteiger partial charge is 0.480 e. The molecule has 1 aliphatic rings. The van der Waals surface area contributed by atoms with E-state index in [1.807, 2.05) is 26.0 Å². The smallest absolute Gasteiger partial charge is 0.328 e. The van der Waals surface area contributed by atoms with Gasteiger partial charge in [-0.3, -0.25) is 4.79 Å². The molecule has 1 unspecified atom stereocenters. The number of nitrogens with zero attached hydrogens (tertiary/aromatic N) is 1. The molecule has 1 aromatic rings. The van der Waals surface area contributed by atoms with E-state index in [1.54, 1.807) is 12.1 Å². The van der Waals surface area contributed by atoms with Crippen molar-refractivity contribution in [3.8, 4) is 0 Å². The SMILES string of the molecule is CC(C)OCc1ccc(C(=O)N2CCOCC2C(=O)O)cc1. The highest BCUT2D eigenvalue weighted by Gasteiger charge is 2.33. The van der Waals surface area contributed by atoms with Crippen molar-refractivity contribution < 1.29 is 24.2 Å². The van der Waals surface area contributed by atoms with Crippen LogP contribution in [0.2, 0.25) is 0 Å². The zero-order valence-electron chi connectivity index (χ0n) is 12.8. The lowest BCUT2D eigenvalue weighted by Crippen LogP contribution is -2.52. The summed E-state index contributed by atoms with van der Waals surface area (Å²) in [5.41, 5.74) is 1.45. The molecule has 1 N–H and O–H groups in total. The topological polar surface area (TPSA) is 76.1 Å². The number of aliphatic carboxylic acids is 1. The van der Waals surface area contributed by atoms with Crippen LogP contribution in [0.4, 0.5) is 0 Å². The first-order valence-corrected chi connectivity index (χ1v) is 7.31. The molecule has 120 valence electrons. The number of carbonyl (C=O) groups is 2. The summed E-state index contributed by atoms with van der Waals surface area (Å²) in [6.45, 7) is 5.08. The number of benzene rings is 1. The van der Waals surface area contributed by atoms with Gasteiger partial charge in [0.15, 0.2) is 6.04 Å². The monoisotopic (exact) mass is 307 g/mol. The Labute approximate surface area is 129 Å². The Bertz CT molecular complexity index is 526. The van der Waals surface area contributed by atoms with E-state index in [-0.39, 0.29) is 25.2 Å². The maximum atomic E-state index is 12.5. The van der Waals surface area contributed by atoms with Crippen molar-refractivity contribution in [2.75, 3.05) is 19.8 Å². The molecule has 0 aliphatic carbocycles. The summed E-state index contributed by atoms with van der Waals surface area (Å²) in [5, 5.41) is 9.18. The summed E-state index contributed by atoms with van der Waals surface area (Å²) in [7, 11) is 0. The minimum Gasteiger partial charge on any atom is -0.480 e. The van der Waals surface area contributed by atoms with E-state index in [9.17, 15) is 14.7 Å². The van der Waals surface area contributed by atoms with Gasteiger partial charge in [-0.25, -0.2) is 4.79 Å². The van der Waals surface area contributed by atoms with E-state index in [4.69, 9.17) is 9.47 Å². The Morgan fingerprint density at radius 2 is 2.05 bits per heavy atom.